The lowest BCUT2D eigenvalue weighted by molar-refractivity contribution is 0.0934. The Morgan fingerprint density at radius 2 is 2.24 bits per heavy atom. The monoisotopic (exact) mass is 232 g/mol. The Kier molecular flexibility index (Phi) is 2.15. The van der Waals surface area contributed by atoms with E-state index in [-0.39, 0.29) is 6.04 Å². The van der Waals surface area contributed by atoms with Crippen molar-refractivity contribution in [2.24, 2.45) is 5.73 Å². The lowest BCUT2D eigenvalue weighted by atomic mass is 9.91. The van der Waals surface area contributed by atoms with Gasteiger partial charge in [0.2, 0.25) is 0 Å². The van der Waals surface area contributed by atoms with Gasteiger partial charge in [0.25, 0.3) is 0 Å². The molecule has 1 aliphatic carbocycles. The number of aromatic nitrogens is 1. The van der Waals surface area contributed by atoms with E-state index in [2.05, 4.69) is 16.8 Å². The molecule has 2 N–H and O–H groups in total. The van der Waals surface area contributed by atoms with E-state index in [9.17, 15) is 0 Å². The summed E-state index contributed by atoms with van der Waals surface area (Å²) in [5.74, 6) is 0. The first kappa shape index (κ1) is 10.2. The molecule has 3 aliphatic rings. The van der Waals surface area contributed by atoms with E-state index < -0.39 is 0 Å². The molecule has 4 unspecified atom stereocenters. The SMILES string of the molecule is NC1CCCc2c1ccn2C1CC2CCC1O2. The van der Waals surface area contributed by atoms with Crippen LogP contribution in [0.25, 0.3) is 0 Å². The Balaban J connectivity index is 1.70. The van der Waals surface area contributed by atoms with Gasteiger partial charge in [0.1, 0.15) is 0 Å². The molecule has 1 aromatic rings. The van der Waals surface area contributed by atoms with Crippen molar-refractivity contribution in [1.82, 2.24) is 4.57 Å². The van der Waals surface area contributed by atoms with Crippen LogP contribution in [0.5, 0.6) is 0 Å². The van der Waals surface area contributed by atoms with Crippen LogP contribution < -0.4 is 5.73 Å². The normalized spacial score (nSPS) is 39.6. The lowest BCUT2D eigenvalue weighted by Crippen LogP contribution is -2.24. The summed E-state index contributed by atoms with van der Waals surface area (Å²) in [4.78, 5) is 0. The third-order valence-corrected chi connectivity index (χ3v) is 4.82. The van der Waals surface area contributed by atoms with Crippen LogP contribution in [0, 0.1) is 0 Å². The molecule has 4 atom stereocenters. The Hall–Kier alpha value is -0.800. The van der Waals surface area contributed by atoms with Crippen LogP contribution in [0.4, 0.5) is 0 Å². The average molecular weight is 232 g/mol. The zero-order chi connectivity index (χ0) is 11.4. The van der Waals surface area contributed by atoms with E-state index in [1.807, 2.05) is 0 Å². The summed E-state index contributed by atoms with van der Waals surface area (Å²) in [6.07, 6.45) is 10.5. The molecule has 1 aromatic heterocycles. The first-order chi connectivity index (χ1) is 8.33. The van der Waals surface area contributed by atoms with Crippen molar-refractivity contribution >= 4 is 0 Å². The maximum Gasteiger partial charge on any atom is 0.0787 e. The molecule has 3 heteroatoms. The highest BCUT2D eigenvalue weighted by molar-refractivity contribution is 5.29. The van der Waals surface area contributed by atoms with Gasteiger partial charge in [-0.1, -0.05) is 0 Å². The molecule has 4 rings (SSSR count). The first-order valence-electron chi connectivity index (χ1n) is 6.93. The highest BCUT2D eigenvalue weighted by Crippen LogP contribution is 2.43. The minimum atomic E-state index is 0.263. The van der Waals surface area contributed by atoms with Gasteiger partial charge in [-0.05, 0) is 50.2 Å². The quantitative estimate of drug-likeness (QED) is 0.807. The summed E-state index contributed by atoms with van der Waals surface area (Å²) in [5, 5.41) is 0. The van der Waals surface area contributed by atoms with Gasteiger partial charge >= 0.3 is 0 Å². The molecule has 3 nitrogen and oxygen atoms in total. The summed E-state index contributed by atoms with van der Waals surface area (Å²) in [6.45, 7) is 0. The fourth-order valence-corrected chi connectivity index (χ4v) is 3.97. The summed E-state index contributed by atoms with van der Waals surface area (Å²) in [5.41, 5.74) is 9.07. The highest BCUT2D eigenvalue weighted by Gasteiger charge is 2.42. The van der Waals surface area contributed by atoms with Crippen LogP contribution in [-0.4, -0.2) is 16.8 Å². The van der Waals surface area contributed by atoms with Crippen molar-refractivity contribution in [1.29, 1.82) is 0 Å². The predicted octanol–water partition coefficient (Wildman–Crippen LogP) is 2.32. The van der Waals surface area contributed by atoms with E-state index >= 15 is 0 Å². The molecule has 2 saturated heterocycles. The van der Waals surface area contributed by atoms with E-state index in [4.69, 9.17) is 10.5 Å². The molecule has 0 saturated carbocycles. The molecular formula is C14H20N2O. The second-order valence-electron chi connectivity index (χ2n) is 5.80. The number of ether oxygens (including phenoxy) is 1. The smallest absolute Gasteiger partial charge is 0.0787 e. The van der Waals surface area contributed by atoms with Gasteiger partial charge in [0, 0.05) is 17.9 Å². The van der Waals surface area contributed by atoms with Gasteiger partial charge in [-0.2, -0.15) is 0 Å². The number of fused-ring (bicyclic) bond motifs is 3. The second-order valence-corrected chi connectivity index (χ2v) is 5.80. The molecular weight excluding hydrogens is 212 g/mol. The van der Waals surface area contributed by atoms with Crippen LogP contribution in [0.3, 0.4) is 0 Å². The fourth-order valence-electron chi connectivity index (χ4n) is 3.97. The largest absolute Gasteiger partial charge is 0.373 e. The molecule has 2 aliphatic heterocycles. The fraction of sp³-hybridized carbons (Fsp3) is 0.714. The van der Waals surface area contributed by atoms with Gasteiger partial charge in [0.05, 0.1) is 18.2 Å². The first-order valence-corrected chi connectivity index (χ1v) is 6.93. The predicted molar refractivity (Wildman–Crippen MR) is 65.8 cm³/mol. The summed E-state index contributed by atoms with van der Waals surface area (Å²) >= 11 is 0. The second kappa shape index (κ2) is 3.59. The third-order valence-electron chi connectivity index (χ3n) is 4.82. The van der Waals surface area contributed by atoms with E-state index in [0.717, 1.165) is 6.42 Å². The Morgan fingerprint density at radius 1 is 1.29 bits per heavy atom. The molecule has 0 spiro atoms. The molecule has 2 bridgehead atoms. The topological polar surface area (TPSA) is 40.2 Å². The van der Waals surface area contributed by atoms with Gasteiger partial charge < -0.3 is 15.0 Å². The minimum absolute atomic E-state index is 0.263. The number of nitrogens with two attached hydrogens (primary N) is 1. The minimum Gasteiger partial charge on any atom is -0.373 e. The number of hydrogen-bond acceptors (Lipinski definition) is 2. The van der Waals surface area contributed by atoms with Crippen LogP contribution in [0.2, 0.25) is 0 Å². The Labute approximate surface area is 102 Å². The molecule has 3 heterocycles. The van der Waals surface area contributed by atoms with Crippen molar-refractivity contribution < 1.29 is 4.74 Å². The van der Waals surface area contributed by atoms with Gasteiger partial charge in [-0.25, -0.2) is 0 Å². The summed E-state index contributed by atoms with van der Waals surface area (Å²) in [6, 6.07) is 3.09. The van der Waals surface area contributed by atoms with Crippen molar-refractivity contribution in [2.45, 2.75) is 62.8 Å². The number of rotatable bonds is 1. The summed E-state index contributed by atoms with van der Waals surface area (Å²) < 4.78 is 8.46. The van der Waals surface area contributed by atoms with Gasteiger partial charge in [-0.15, -0.1) is 0 Å². The van der Waals surface area contributed by atoms with Gasteiger partial charge in [0.15, 0.2) is 0 Å². The zero-order valence-electron chi connectivity index (χ0n) is 10.1. The number of nitrogens with zero attached hydrogens (tertiary/aromatic N) is 1. The maximum atomic E-state index is 6.19. The maximum absolute atomic E-state index is 6.19. The summed E-state index contributed by atoms with van der Waals surface area (Å²) in [7, 11) is 0. The van der Waals surface area contributed by atoms with Crippen LogP contribution in [0.1, 0.15) is 55.4 Å². The van der Waals surface area contributed by atoms with E-state index in [1.54, 1.807) is 0 Å². The molecule has 2 fully saturated rings. The van der Waals surface area contributed by atoms with Crippen molar-refractivity contribution in [3.63, 3.8) is 0 Å². The van der Waals surface area contributed by atoms with Crippen LogP contribution in [0.15, 0.2) is 12.3 Å². The molecule has 92 valence electrons. The Morgan fingerprint density at radius 3 is 3.00 bits per heavy atom. The van der Waals surface area contributed by atoms with Crippen molar-refractivity contribution in [3.05, 3.63) is 23.5 Å². The molecule has 0 radical (unpaired) electrons. The highest BCUT2D eigenvalue weighted by atomic mass is 16.5. The molecule has 0 amide bonds. The van der Waals surface area contributed by atoms with Crippen LogP contribution in [-0.2, 0) is 11.2 Å². The molecule has 17 heavy (non-hydrogen) atoms. The van der Waals surface area contributed by atoms with Crippen LogP contribution >= 0.6 is 0 Å². The third kappa shape index (κ3) is 1.42. The van der Waals surface area contributed by atoms with Crippen molar-refractivity contribution in [3.8, 4) is 0 Å². The lowest BCUT2D eigenvalue weighted by Gasteiger charge is -2.26. The van der Waals surface area contributed by atoms with E-state index in [0.29, 0.717) is 18.2 Å². The number of hydrogen-bond donors (Lipinski definition) is 1. The molecule has 0 aromatic carbocycles. The average Bonchev–Trinajstić information content (AvgIpc) is 3.03. The van der Waals surface area contributed by atoms with Crippen molar-refractivity contribution in [2.75, 3.05) is 0 Å². The van der Waals surface area contributed by atoms with E-state index in [1.165, 1.54) is 43.4 Å². The Bertz CT molecular complexity index is 439. The van der Waals surface area contributed by atoms with Gasteiger partial charge in [-0.3, -0.25) is 0 Å². The standard InChI is InChI=1S/C14H20N2O/c15-11-2-1-3-12-10(11)6-7-16(12)13-8-9-4-5-14(13)17-9/h6-7,9,11,13-14H,1-5,8,15H2. The zero-order valence-corrected chi connectivity index (χ0v) is 10.1.